The van der Waals surface area contributed by atoms with Crippen molar-refractivity contribution in [3.8, 4) is 0 Å². The maximum absolute atomic E-state index is 12.5. The summed E-state index contributed by atoms with van der Waals surface area (Å²) in [5, 5.41) is 10.2. The fourth-order valence-electron chi connectivity index (χ4n) is 3.78. The van der Waals surface area contributed by atoms with Gasteiger partial charge in [0.25, 0.3) is 0 Å². The Kier molecular flexibility index (Phi) is 4.87. The highest BCUT2D eigenvalue weighted by atomic mass is 19.4. The zero-order valence-electron chi connectivity index (χ0n) is 13.2. The second-order valence-electron chi connectivity index (χ2n) is 6.48. The Labute approximate surface area is 138 Å². The van der Waals surface area contributed by atoms with Crippen molar-refractivity contribution in [3.63, 3.8) is 0 Å². The molecule has 1 aromatic rings. The van der Waals surface area contributed by atoms with Crippen molar-refractivity contribution in [1.29, 1.82) is 0 Å². The number of halogens is 3. The SMILES string of the molecule is O=C1C(N2CCCC2CC(O)c2ccco2)CCN1CC(F)(F)F. The zero-order chi connectivity index (χ0) is 17.3. The second-order valence-corrected chi connectivity index (χ2v) is 6.48. The second kappa shape index (κ2) is 6.76. The Balaban J connectivity index is 1.62. The Morgan fingerprint density at radius 3 is 2.79 bits per heavy atom. The molecule has 0 bridgehead atoms. The van der Waals surface area contributed by atoms with Crippen LogP contribution >= 0.6 is 0 Å². The normalized spacial score (nSPS) is 27.2. The van der Waals surface area contributed by atoms with Crippen LogP contribution in [0.5, 0.6) is 0 Å². The lowest BCUT2D eigenvalue weighted by molar-refractivity contribution is -0.159. The molecule has 2 aliphatic heterocycles. The van der Waals surface area contributed by atoms with Gasteiger partial charge in [0, 0.05) is 12.6 Å². The first-order valence-electron chi connectivity index (χ1n) is 8.18. The van der Waals surface area contributed by atoms with Crippen molar-refractivity contribution in [2.45, 2.75) is 50.0 Å². The Morgan fingerprint density at radius 2 is 2.12 bits per heavy atom. The van der Waals surface area contributed by atoms with Crippen LogP contribution in [0.25, 0.3) is 0 Å². The van der Waals surface area contributed by atoms with E-state index >= 15 is 0 Å². The molecular formula is C16H21F3N2O3. The van der Waals surface area contributed by atoms with E-state index in [0.29, 0.717) is 25.1 Å². The summed E-state index contributed by atoms with van der Waals surface area (Å²) in [6.07, 6.45) is -1.14. The molecule has 8 heteroatoms. The molecule has 2 fully saturated rings. The topological polar surface area (TPSA) is 56.9 Å². The third-order valence-electron chi connectivity index (χ3n) is 4.83. The molecule has 0 spiro atoms. The van der Waals surface area contributed by atoms with Crippen LogP contribution in [0.2, 0.25) is 0 Å². The first kappa shape index (κ1) is 17.3. The molecule has 1 N–H and O–H groups in total. The van der Waals surface area contributed by atoms with Gasteiger partial charge in [-0.1, -0.05) is 0 Å². The monoisotopic (exact) mass is 346 g/mol. The van der Waals surface area contributed by atoms with Gasteiger partial charge in [-0.05, 0) is 44.4 Å². The number of hydrogen-bond acceptors (Lipinski definition) is 4. The van der Waals surface area contributed by atoms with Crippen molar-refractivity contribution >= 4 is 5.91 Å². The van der Waals surface area contributed by atoms with Crippen molar-refractivity contribution in [2.75, 3.05) is 19.6 Å². The number of nitrogens with zero attached hydrogens (tertiary/aromatic N) is 2. The molecule has 1 aromatic heterocycles. The van der Waals surface area contributed by atoms with Crippen molar-refractivity contribution in [1.82, 2.24) is 9.80 Å². The predicted molar refractivity (Wildman–Crippen MR) is 79.1 cm³/mol. The predicted octanol–water partition coefficient (Wildman–Crippen LogP) is 2.33. The van der Waals surface area contributed by atoms with Crippen LogP contribution in [-0.4, -0.2) is 58.7 Å². The average molecular weight is 346 g/mol. The minimum Gasteiger partial charge on any atom is -0.467 e. The molecule has 0 aliphatic carbocycles. The zero-order valence-corrected chi connectivity index (χ0v) is 13.2. The smallest absolute Gasteiger partial charge is 0.406 e. The van der Waals surface area contributed by atoms with Gasteiger partial charge in [0.05, 0.1) is 12.3 Å². The number of aliphatic hydroxyl groups is 1. The maximum Gasteiger partial charge on any atom is 0.406 e. The maximum atomic E-state index is 12.5. The fourth-order valence-corrected chi connectivity index (χ4v) is 3.78. The van der Waals surface area contributed by atoms with Gasteiger partial charge in [0.1, 0.15) is 18.4 Å². The van der Waals surface area contributed by atoms with Crippen LogP contribution in [0, 0.1) is 0 Å². The number of furan rings is 1. The molecule has 0 saturated carbocycles. The van der Waals surface area contributed by atoms with E-state index in [0.717, 1.165) is 17.7 Å². The number of carbonyl (C=O) groups excluding carboxylic acids is 1. The Bertz CT molecular complexity index is 561. The number of alkyl halides is 3. The number of rotatable bonds is 5. The van der Waals surface area contributed by atoms with Gasteiger partial charge in [-0.25, -0.2) is 0 Å². The number of aliphatic hydroxyl groups excluding tert-OH is 1. The molecule has 3 rings (SSSR count). The minimum atomic E-state index is -4.37. The van der Waals surface area contributed by atoms with E-state index in [1.807, 2.05) is 4.90 Å². The van der Waals surface area contributed by atoms with Gasteiger partial charge in [-0.3, -0.25) is 9.69 Å². The minimum absolute atomic E-state index is 0.0233. The quantitative estimate of drug-likeness (QED) is 0.889. The molecule has 3 unspecified atom stereocenters. The lowest BCUT2D eigenvalue weighted by atomic mass is 10.0. The highest BCUT2D eigenvalue weighted by molar-refractivity contribution is 5.84. The summed E-state index contributed by atoms with van der Waals surface area (Å²) in [6.45, 7) is -0.380. The van der Waals surface area contributed by atoms with E-state index in [-0.39, 0.29) is 12.6 Å². The van der Waals surface area contributed by atoms with Gasteiger partial charge in [-0.15, -0.1) is 0 Å². The van der Waals surface area contributed by atoms with E-state index in [1.165, 1.54) is 6.26 Å². The highest BCUT2D eigenvalue weighted by Crippen LogP contribution is 2.32. The van der Waals surface area contributed by atoms with Gasteiger partial charge >= 0.3 is 6.18 Å². The van der Waals surface area contributed by atoms with Crippen LogP contribution in [0.4, 0.5) is 13.2 Å². The summed E-state index contributed by atoms with van der Waals surface area (Å²) in [7, 11) is 0. The summed E-state index contributed by atoms with van der Waals surface area (Å²) in [4.78, 5) is 15.2. The van der Waals surface area contributed by atoms with Gasteiger partial charge in [0.15, 0.2) is 0 Å². The van der Waals surface area contributed by atoms with Gasteiger partial charge in [-0.2, -0.15) is 13.2 Å². The van der Waals surface area contributed by atoms with E-state index in [4.69, 9.17) is 4.42 Å². The number of carbonyl (C=O) groups is 1. The third-order valence-corrected chi connectivity index (χ3v) is 4.83. The molecule has 3 atom stereocenters. The van der Waals surface area contributed by atoms with E-state index < -0.39 is 30.8 Å². The van der Waals surface area contributed by atoms with Crippen molar-refractivity contribution < 1.29 is 27.5 Å². The molecule has 134 valence electrons. The Hall–Kier alpha value is -1.54. The molecule has 2 saturated heterocycles. The summed E-state index contributed by atoms with van der Waals surface area (Å²) >= 11 is 0. The molecule has 1 amide bonds. The van der Waals surface area contributed by atoms with Crippen LogP contribution in [0.3, 0.4) is 0 Å². The standard InChI is InChI=1S/C16H21F3N2O3/c17-16(18,19)10-20-7-5-12(15(20)23)21-6-1-3-11(21)9-13(22)14-4-2-8-24-14/h2,4,8,11-13,22H,1,3,5-7,9-10H2. The van der Waals surface area contributed by atoms with E-state index in [9.17, 15) is 23.1 Å². The van der Waals surface area contributed by atoms with E-state index in [2.05, 4.69) is 0 Å². The van der Waals surface area contributed by atoms with Crippen LogP contribution < -0.4 is 0 Å². The summed E-state index contributed by atoms with van der Waals surface area (Å²) < 4.78 is 42.8. The lowest BCUT2D eigenvalue weighted by Gasteiger charge is -2.30. The lowest BCUT2D eigenvalue weighted by Crippen LogP contribution is -2.46. The third kappa shape index (κ3) is 3.75. The van der Waals surface area contributed by atoms with Crippen molar-refractivity contribution in [3.05, 3.63) is 24.2 Å². The van der Waals surface area contributed by atoms with Crippen LogP contribution in [0.1, 0.15) is 37.5 Å². The number of amides is 1. The molecule has 5 nitrogen and oxygen atoms in total. The number of hydrogen-bond donors (Lipinski definition) is 1. The van der Waals surface area contributed by atoms with Gasteiger partial charge in [0.2, 0.25) is 5.91 Å². The first-order chi connectivity index (χ1) is 11.3. The Morgan fingerprint density at radius 1 is 1.33 bits per heavy atom. The van der Waals surface area contributed by atoms with Gasteiger partial charge < -0.3 is 14.4 Å². The molecule has 0 aromatic carbocycles. The summed E-state index contributed by atoms with van der Waals surface area (Å²) in [5.74, 6) is 0.0185. The molecule has 24 heavy (non-hydrogen) atoms. The molecular weight excluding hydrogens is 325 g/mol. The largest absolute Gasteiger partial charge is 0.467 e. The average Bonchev–Trinajstić information content (AvgIpc) is 3.20. The molecule has 2 aliphatic rings. The molecule has 3 heterocycles. The highest BCUT2D eigenvalue weighted by Gasteiger charge is 2.44. The number of likely N-dealkylation sites (tertiary alicyclic amines) is 2. The molecule has 0 radical (unpaired) electrons. The first-order valence-corrected chi connectivity index (χ1v) is 8.18. The summed E-state index contributed by atoms with van der Waals surface area (Å²) in [5.41, 5.74) is 0. The fraction of sp³-hybridized carbons (Fsp3) is 0.688. The van der Waals surface area contributed by atoms with Crippen LogP contribution in [-0.2, 0) is 4.79 Å². The summed E-state index contributed by atoms with van der Waals surface area (Å²) in [6, 6.07) is 2.85. The van der Waals surface area contributed by atoms with Crippen molar-refractivity contribution in [2.24, 2.45) is 0 Å². The van der Waals surface area contributed by atoms with E-state index in [1.54, 1.807) is 12.1 Å². The van der Waals surface area contributed by atoms with Crippen LogP contribution in [0.15, 0.2) is 22.8 Å².